The summed E-state index contributed by atoms with van der Waals surface area (Å²) in [6, 6.07) is 8.16. The lowest BCUT2D eigenvalue weighted by atomic mass is 9.94. The molecule has 2 rings (SSSR count). The van der Waals surface area contributed by atoms with Crippen LogP contribution in [-0.4, -0.2) is 17.7 Å². The van der Waals surface area contributed by atoms with Crippen LogP contribution < -0.4 is 10.6 Å². The van der Waals surface area contributed by atoms with E-state index in [0.29, 0.717) is 23.2 Å². The van der Waals surface area contributed by atoms with Gasteiger partial charge in [-0.3, -0.25) is 0 Å². The molecule has 1 aromatic rings. The fraction of sp³-hybridized carbons (Fsp3) is 0.524. The summed E-state index contributed by atoms with van der Waals surface area (Å²) in [6.45, 7) is 8.53. The number of ether oxygens (including phenoxy) is 1. The zero-order valence-electron chi connectivity index (χ0n) is 16.2. The molecular weight excluding hydrogens is 344 g/mol. The first-order chi connectivity index (χ1) is 12.4. The van der Waals surface area contributed by atoms with Crippen LogP contribution in [0.4, 0.5) is 0 Å². The Bertz CT molecular complexity index is 665. The molecule has 0 fully saturated rings. The van der Waals surface area contributed by atoms with E-state index in [4.69, 9.17) is 17.0 Å². The van der Waals surface area contributed by atoms with Crippen molar-refractivity contribution in [2.24, 2.45) is 5.92 Å². The molecule has 2 N–H and O–H groups in total. The predicted octanol–water partition coefficient (Wildman–Crippen LogP) is 4.41. The molecule has 1 aliphatic rings. The van der Waals surface area contributed by atoms with Crippen molar-refractivity contribution in [1.82, 2.24) is 10.6 Å². The smallest absolute Gasteiger partial charge is 0.338 e. The Kier molecular flexibility index (Phi) is 7.64. The minimum absolute atomic E-state index is 0.284. The molecule has 0 saturated heterocycles. The fourth-order valence-electron chi connectivity index (χ4n) is 2.99. The number of esters is 1. The number of hydrogen-bond acceptors (Lipinski definition) is 3. The first kappa shape index (κ1) is 20.4. The van der Waals surface area contributed by atoms with Gasteiger partial charge in [0.05, 0.1) is 18.2 Å². The Morgan fingerprint density at radius 3 is 2.54 bits per heavy atom. The van der Waals surface area contributed by atoms with Crippen LogP contribution >= 0.6 is 12.2 Å². The third kappa shape index (κ3) is 5.56. The van der Waals surface area contributed by atoms with Gasteiger partial charge in [0.2, 0.25) is 0 Å². The molecule has 0 aliphatic carbocycles. The molecule has 0 amide bonds. The van der Waals surface area contributed by atoms with Crippen molar-refractivity contribution in [2.45, 2.75) is 59.4 Å². The lowest BCUT2D eigenvalue weighted by Gasteiger charge is -2.30. The monoisotopic (exact) mass is 374 g/mol. The van der Waals surface area contributed by atoms with Gasteiger partial charge in [0, 0.05) is 5.70 Å². The number of carbonyl (C=O) groups excluding carboxylic acids is 1. The van der Waals surface area contributed by atoms with Gasteiger partial charge in [0.15, 0.2) is 5.11 Å². The molecule has 0 aromatic heterocycles. The highest BCUT2D eigenvalue weighted by Gasteiger charge is 2.31. The Morgan fingerprint density at radius 1 is 1.23 bits per heavy atom. The summed E-state index contributed by atoms with van der Waals surface area (Å²) in [5.74, 6) is 0.00187. The molecule has 1 aliphatic heterocycles. The van der Waals surface area contributed by atoms with Crippen LogP contribution in [0, 0.1) is 5.92 Å². The summed E-state index contributed by atoms with van der Waals surface area (Å²) >= 11 is 5.29. The number of unbranched alkanes of at least 4 members (excludes halogenated alkanes) is 2. The topological polar surface area (TPSA) is 50.4 Å². The SMILES string of the molecule is CCCCCc1ccc(C2NC(=S)NC(C)=C2C(=O)OCC(C)C)cc1. The van der Waals surface area contributed by atoms with E-state index in [9.17, 15) is 4.79 Å². The van der Waals surface area contributed by atoms with Crippen molar-refractivity contribution in [3.63, 3.8) is 0 Å². The van der Waals surface area contributed by atoms with E-state index in [-0.39, 0.29) is 12.0 Å². The summed E-state index contributed by atoms with van der Waals surface area (Å²) < 4.78 is 5.47. The van der Waals surface area contributed by atoms with Crippen molar-refractivity contribution in [2.75, 3.05) is 6.61 Å². The van der Waals surface area contributed by atoms with Gasteiger partial charge in [-0.15, -0.1) is 0 Å². The van der Waals surface area contributed by atoms with E-state index in [1.165, 1.54) is 24.8 Å². The fourth-order valence-corrected chi connectivity index (χ4v) is 3.26. The summed E-state index contributed by atoms with van der Waals surface area (Å²) in [5.41, 5.74) is 3.68. The van der Waals surface area contributed by atoms with Crippen LogP contribution in [0.5, 0.6) is 0 Å². The predicted molar refractivity (Wildman–Crippen MR) is 110 cm³/mol. The van der Waals surface area contributed by atoms with E-state index in [2.05, 4.69) is 41.8 Å². The molecule has 0 spiro atoms. The Balaban J connectivity index is 2.19. The molecule has 5 heteroatoms. The molecular formula is C21H30N2O2S. The number of carbonyl (C=O) groups is 1. The van der Waals surface area contributed by atoms with E-state index >= 15 is 0 Å². The van der Waals surface area contributed by atoms with E-state index < -0.39 is 0 Å². The second-order valence-electron chi connectivity index (χ2n) is 7.26. The molecule has 4 nitrogen and oxygen atoms in total. The van der Waals surface area contributed by atoms with Crippen molar-refractivity contribution in [1.29, 1.82) is 0 Å². The van der Waals surface area contributed by atoms with E-state index in [0.717, 1.165) is 17.7 Å². The summed E-state index contributed by atoms with van der Waals surface area (Å²) in [6.07, 6.45) is 4.77. The van der Waals surface area contributed by atoms with Crippen LogP contribution in [-0.2, 0) is 16.0 Å². The number of thiocarbonyl (C=S) groups is 1. The van der Waals surface area contributed by atoms with Crippen molar-refractivity contribution in [3.8, 4) is 0 Å². The van der Waals surface area contributed by atoms with Crippen LogP contribution in [0.3, 0.4) is 0 Å². The van der Waals surface area contributed by atoms with Crippen LogP contribution in [0.1, 0.15) is 64.1 Å². The van der Waals surface area contributed by atoms with Gasteiger partial charge < -0.3 is 15.4 Å². The van der Waals surface area contributed by atoms with Gasteiger partial charge in [0.25, 0.3) is 0 Å². The number of aryl methyl sites for hydroxylation is 1. The molecule has 1 aromatic carbocycles. The molecule has 26 heavy (non-hydrogen) atoms. The van der Waals surface area contributed by atoms with Gasteiger partial charge in [-0.1, -0.05) is 57.9 Å². The van der Waals surface area contributed by atoms with Gasteiger partial charge >= 0.3 is 5.97 Å². The van der Waals surface area contributed by atoms with Gasteiger partial charge in [-0.05, 0) is 49.0 Å². The normalized spacial score (nSPS) is 17.1. The zero-order valence-corrected chi connectivity index (χ0v) is 17.0. The van der Waals surface area contributed by atoms with Crippen LogP contribution in [0.15, 0.2) is 35.5 Å². The Labute approximate surface area is 162 Å². The zero-order chi connectivity index (χ0) is 19.1. The molecule has 0 radical (unpaired) electrons. The number of hydrogen-bond donors (Lipinski definition) is 2. The maximum absolute atomic E-state index is 12.6. The summed E-state index contributed by atoms with van der Waals surface area (Å²) in [4.78, 5) is 12.6. The van der Waals surface area contributed by atoms with Crippen LogP contribution in [0.25, 0.3) is 0 Å². The minimum Gasteiger partial charge on any atom is -0.462 e. The van der Waals surface area contributed by atoms with Crippen molar-refractivity contribution >= 4 is 23.3 Å². The minimum atomic E-state index is -0.296. The molecule has 1 atom stereocenters. The van der Waals surface area contributed by atoms with Crippen molar-refractivity contribution in [3.05, 3.63) is 46.7 Å². The maximum Gasteiger partial charge on any atom is 0.338 e. The highest BCUT2D eigenvalue weighted by Crippen LogP contribution is 2.28. The molecule has 142 valence electrons. The van der Waals surface area contributed by atoms with Crippen molar-refractivity contribution < 1.29 is 9.53 Å². The van der Waals surface area contributed by atoms with Gasteiger partial charge in [-0.2, -0.15) is 0 Å². The molecule has 0 saturated carbocycles. The quantitative estimate of drug-likeness (QED) is 0.401. The van der Waals surface area contributed by atoms with Crippen LogP contribution in [0.2, 0.25) is 0 Å². The third-order valence-corrected chi connectivity index (χ3v) is 4.64. The van der Waals surface area contributed by atoms with E-state index in [1.807, 2.05) is 20.8 Å². The molecule has 1 unspecified atom stereocenters. The lowest BCUT2D eigenvalue weighted by molar-refractivity contribution is -0.140. The first-order valence-corrected chi connectivity index (χ1v) is 9.87. The first-order valence-electron chi connectivity index (χ1n) is 9.46. The number of allylic oxidation sites excluding steroid dienone is 1. The van der Waals surface area contributed by atoms with Gasteiger partial charge in [0.1, 0.15) is 0 Å². The lowest BCUT2D eigenvalue weighted by Crippen LogP contribution is -2.45. The number of nitrogens with one attached hydrogen (secondary N) is 2. The summed E-state index contributed by atoms with van der Waals surface area (Å²) in [5, 5.41) is 6.79. The standard InChI is InChI=1S/C21H30N2O2S/c1-5-6-7-8-16-9-11-17(12-10-16)19-18(15(4)22-21(26)23-19)20(24)25-13-14(2)3/h9-12,14,19H,5-8,13H2,1-4H3,(H2,22,23,26). The number of rotatable bonds is 8. The highest BCUT2D eigenvalue weighted by molar-refractivity contribution is 7.80. The van der Waals surface area contributed by atoms with E-state index in [1.54, 1.807) is 0 Å². The third-order valence-electron chi connectivity index (χ3n) is 4.42. The Morgan fingerprint density at radius 2 is 1.92 bits per heavy atom. The van der Waals surface area contributed by atoms with Gasteiger partial charge in [-0.25, -0.2) is 4.79 Å². The maximum atomic E-state index is 12.6. The average molecular weight is 375 g/mol. The Hall–Kier alpha value is -1.88. The largest absolute Gasteiger partial charge is 0.462 e. The average Bonchev–Trinajstić information content (AvgIpc) is 2.60. The molecule has 1 heterocycles. The highest BCUT2D eigenvalue weighted by atomic mass is 32.1. The second-order valence-corrected chi connectivity index (χ2v) is 7.67. The second kappa shape index (κ2) is 9.72. The number of benzene rings is 1. The summed E-state index contributed by atoms with van der Waals surface area (Å²) in [7, 11) is 0. The molecule has 0 bridgehead atoms.